The van der Waals surface area contributed by atoms with Crippen molar-refractivity contribution in [3.8, 4) is 0 Å². The minimum absolute atomic E-state index is 0.0146. The second-order valence-corrected chi connectivity index (χ2v) is 13.8. The number of nitrogens with one attached hydrogen (secondary N) is 2. The second kappa shape index (κ2) is 13.3. The predicted molar refractivity (Wildman–Crippen MR) is 179 cm³/mol. The highest BCUT2D eigenvalue weighted by atomic mass is 16.2. The molecule has 1 fully saturated rings. The summed E-state index contributed by atoms with van der Waals surface area (Å²) in [5, 5.41) is 4.25. The molecule has 5 rings (SSSR count). The summed E-state index contributed by atoms with van der Waals surface area (Å²) in [6.07, 6.45) is 4.31. The van der Waals surface area contributed by atoms with Crippen LogP contribution in [0.4, 0.5) is 4.79 Å². The fourth-order valence-electron chi connectivity index (χ4n) is 7.42. The number of fused-ring (bicyclic) bond motifs is 3. The molecule has 3 atom stereocenters. The smallest absolute Gasteiger partial charge is 0.318 e. The molecule has 0 radical (unpaired) electrons. The van der Waals surface area contributed by atoms with Gasteiger partial charge in [-0.25, -0.2) is 4.79 Å². The van der Waals surface area contributed by atoms with Crippen LogP contribution in [0.25, 0.3) is 10.9 Å². The summed E-state index contributed by atoms with van der Waals surface area (Å²) in [5.74, 6) is -0.334. The van der Waals surface area contributed by atoms with Gasteiger partial charge in [0, 0.05) is 74.7 Å². The van der Waals surface area contributed by atoms with Crippen molar-refractivity contribution in [2.45, 2.75) is 69.4 Å². The summed E-state index contributed by atoms with van der Waals surface area (Å²) < 4.78 is 0. The summed E-state index contributed by atoms with van der Waals surface area (Å²) in [7, 11) is 7.63. The standard InChI is InChI=1S/C36H50N6O3/c1-24(2)42(21-20-39(4)5)35(45)38-32(25(3)29-23-37-31-15-11-9-13-27(29)31)34(44)41-18-16-36(17-19-41)22-28(33(43)40(6)7)26-12-8-10-14-30(26)36/h8-15,23-25,28,32,37H,16-22H2,1-7H3,(H,38,45)/t25?,28-,32?/m1/s1. The van der Waals surface area contributed by atoms with Crippen LogP contribution < -0.4 is 5.32 Å². The Kier molecular flexibility index (Phi) is 9.58. The molecule has 2 unspecified atom stereocenters. The lowest BCUT2D eigenvalue weighted by Crippen LogP contribution is -2.57. The summed E-state index contributed by atoms with van der Waals surface area (Å²) in [4.78, 5) is 52.3. The topological polar surface area (TPSA) is 92.0 Å². The number of carbonyl (C=O) groups is 3. The largest absolute Gasteiger partial charge is 0.361 e. The van der Waals surface area contributed by atoms with Gasteiger partial charge in [-0.2, -0.15) is 0 Å². The summed E-state index contributed by atoms with van der Waals surface area (Å²) in [6.45, 7) is 8.51. The van der Waals surface area contributed by atoms with Crippen molar-refractivity contribution in [1.29, 1.82) is 0 Å². The van der Waals surface area contributed by atoms with Gasteiger partial charge in [0.2, 0.25) is 11.8 Å². The van der Waals surface area contributed by atoms with Crippen molar-refractivity contribution in [3.05, 3.63) is 71.4 Å². The average Bonchev–Trinajstić information content (AvgIpc) is 3.59. The number of benzene rings is 2. The van der Waals surface area contributed by atoms with E-state index in [9.17, 15) is 14.4 Å². The molecule has 2 N–H and O–H groups in total. The molecule has 45 heavy (non-hydrogen) atoms. The Labute approximate surface area is 267 Å². The first-order valence-electron chi connectivity index (χ1n) is 16.3. The predicted octanol–water partition coefficient (Wildman–Crippen LogP) is 4.76. The van der Waals surface area contributed by atoms with Crippen molar-refractivity contribution in [1.82, 2.24) is 29.9 Å². The quantitative estimate of drug-likeness (QED) is 0.364. The van der Waals surface area contributed by atoms with E-state index in [1.807, 2.05) is 89.2 Å². The van der Waals surface area contributed by atoms with E-state index in [0.29, 0.717) is 19.6 Å². The lowest BCUT2D eigenvalue weighted by molar-refractivity contribution is -0.136. The Hall–Kier alpha value is -3.85. The number of likely N-dealkylation sites (tertiary alicyclic amines) is 1. The lowest BCUT2D eigenvalue weighted by atomic mass is 9.73. The van der Waals surface area contributed by atoms with Crippen LogP contribution in [0.2, 0.25) is 0 Å². The van der Waals surface area contributed by atoms with Gasteiger partial charge in [0.1, 0.15) is 6.04 Å². The van der Waals surface area contributed by atoms with E-state index in [-0.39, 0.29) is 41.1 Å². The van der Waals surface area contributed by atoms with Crippen LogP contribution in [-0.4, -0.2) is 109 Å². The Bertz CT molecular complexity index is 1520. The fourth-order valence-corrected chi connectivity index (χ4v) is 7.42. The van der Waals surface area contributed by atoms with Gasteiger partial charge < -0.3 is 29.9 Å². The van der Waals surface area contributed by atoms with Crippen LogP contribution in [0.3, 0.4) is 0 Å². The number of aromatic amines is 1. The normalized spacial score (nSPS) is 18.7. The van der Waals surface area contributed by atoms with E-state index in [4.69, 9.17) is 0 Å². The molecular weight excluding hydrogens is 564 g/mol. The highest BCUT2D eigenvalue weighted by Gasteiger charge is 2.49. The maximum Gasteiger partial charge on any atom is 0.318 e. The van der Waals surface area contributed by atoms with E-state index < -0.39 is 6.04 Å². The first kappa shape index (κ1) is 32.5. The molecule has 9 heteroatoms. The van der Waals surface area contributed by atoms with Gasteiger partial charge in [0.05, 0.1) is 5.92 Å². The number of hydrogen-bond donors (Lipinski definition) is 2. The van der Waals surface area contributed by atoms with E-state index in [1.54, 1.807) is 4.90 Å². The zero-order valence-electron chi connectivity index (χ0n) is 28.0. The molecule has 2 aromatic carbocycles. The van der Waals surface area contributed by atoms with Crippen LogP contribution in [-0.2, 0) is 15.0 Å². The molecule has 0 bridgehead atoms. The van der Waals surface area contributed by atoms with Gasteiger partial charge in [0.15, 0.2) is 0 Å². The molecule has 4 amide bonds. The highest BCUT2D eigenvalue weighted by Crippen LogP contribution is 2.52. The van der Waals surface area contributed by atoms with Crippen LogP contribution >= 0.6 is 0 Å². The average molecular weight is 615 g/mol. The number of amides is 4. The first-order valence-corrected chi connectivity index (χ1v) is 16.3. The summed E-state index contributed by atoms with van der Waals surface area (Å²) in [6, 6.07) is 15.5. The number of rotatable bonds is 9. The molecular formula is C36H50N6O3. The number of H-pyrrole nitrogens is 1. The third kappa shape index (κ3) is 6.45. The van der Waals surface area contributed by atoms with E-state index in [0.717, 1.165) is 47.8 Å². The minimum atomic E-state index is -0.731. The molecule has 3 aromatic rings. The van der Waals surface area contributed by atoms with Gasteiger partial charge in [-0.05, 0) is 70.0 Å². The maximum atomic E-state index is 14.5. The molecule has 242 valence electrons. The number of aromatic nitrogens is 1. The van der Waals surface area contributed by atoms with Crippen LogP contribution in [0.1, 0.15) is 68.6 Å². The van der Waals surface area contributed by atoms with Crippen LogP contribution in [0.5, 0.6) is 0 Å². The van der Waals surface area contributed by atoms with E-state index in [1.165, 1.54) is 5.56 Å². The lowest BCUT2D eigenvalue weighted by Gasteiger charge is -2.42. The van der Waals surface area contributed by atoms with Crippen molar-refractivity contribution in [3.63, 3.8) is 0 Å². The molecule has 1 aliphatic heterocycles. The summed E-state index contributed by atoms with van der Waals surface area (Å²) in [5.41, 5.74) is 4.26. The number of nitrogens with zero attached hydrogens (tertiary/aromatic N) is 4. The highest BCUT2D eigenvalue weighted by molar-refractivity contribution is 5.91. The van der Waals surface area contributed by atoms with Crippen molar-refractivity contribution in [2.75, 3.05) is 54.4 Å². The maximum absolute atomic E-state index is 14.5. The van der Waals surface area contributed by atoms with Gasteiger partial charge in [-0.3, -0.25) is 9.59 Å². The third-order valence-corrected chi connectivity index (χ3v) is 10.1. The SMILES string of the molecule is CC(c1c[nH]c2ccccc12)C(NC(=O)N(CCN(C)C)C(C)C)C(=O)N1CCC2(CC1)C[C@@H](C(=O)N(C)C)c1ccccc12. The number of urea groups is 1. The van der Waals surface area contributed by atoms with Gasteiger partial charge in [0.25, 0.3) is 0 Å². The van der Waals surface area contributed by atoms with Crippen molar-refractivity contribution >= 4 is 28.7 Å². The second-order valence-electron chi connectivity index (χ2n) is 13.8. The number of piperidine rings is 1. The van der Waals surface area contributed by atoms with Crippen LogP contribution in [0, 0.1) is 0 Å². The fraction of sp³-hybridized carbons (Fsp3) is 0.528. The Morgan fingerprint density at radius 3 is 2.29 bits per heavy atom. The van der Waals surface area contributed by atoms with Gasteiger partial charge in [-0.1, -0.05) is 49.4 Å². The first-order chi connectivity index (χ1) is 21.4. The molecule has 1 saturated heterocycles. The van der Waals surface area contributed by atoms with E-state index in [2.05, 4.69) is 39.5 Å². The van der Waals surface area contributed by atoms with E-state index >= 15 is 0 Å². The summed E-state index contributed by atoms with van der Waals surface area (Å²) >= 11 is 0. The number of para-hydroxylation sites is 1. The number of likely N-dealkylation sites (N-methyl/N-ethyl adjacent to an activating group) is 2. The third-order valence-electron chi connectivity index (χ3n) is 10.1. The zero-order valence-corrected chi connectivity index (χ0v) is 28.0. The molecule has 2 aliphatic rings. The molecule has 0 saturated carbocycles. The minimum Gasteiger partial charge on any atom is -0.361 e. The Morgan fingerprint density at radius 2 is 1.62 bits per heavy atom. The molecule has 1 spiro atoms. The van der Waals surface area contributed by atoms with Gasteiger partial charge >= 0.3 is 6.03 Å². The molecule has 1 aliphatic carbocycles. The molecule has 9 nitrogen and oxygen atoms in total. The molecule has 2 heterocycles. The van der Waals surface area contributed by atoms with Gasteiger partial charge in [-0.15, -0.1) is 0 Å². The number of carbonyl (C=O) groups excluding carboxylic acids is 3. The monoisotopic (exact) mass is 614 g/mol. The zero-order chi connectivity index (χ0) is 32.5. The number of hydrogen-bond acceptors (Lipinski definition) is 4. The van der Waals surface area contributed by atoms with Crippen molar-refractivity contribution in [2.24, 2.45) is 0 Å². The Morgan fingerprint density at radius 1 is 0.956 bits per heavy atom. The van der Waals surface area contributed by atoms with Crippen molar-refractivity contribution < 1.29 is 14.4 Å². The van der Waals surface area contributed by atoms with Crippen LogP contribution in [0.15, 0.2) is 54.7 Å². The molecule has 1 aromatic heterocycles. The Balaban J connectivity index is 1.40.